The zero-order valence-electron chi connectivity index (χ0n) is 10.1. The molecule has 0 amide bonds. The molecule has 1 aromatic heterocycles. The molecule has 2 aromatic rings. The number of methoxy groups -OCH3 is 1. The summed E-state index contributed by atoms with van der Waals surface area (Å²) in [7, 11) is 1.32. The van der Waals surface area contributed by atoms with Gasteiger partial charge < -0.3 is 9.30 Å². The van der Waals surface area contributed by atoms with Crippen LogP contribution in [0.15, 0.2) is 36.7 Å². The molecule has 0 fully saturated rings. The predicted octanol–water partition coefficient (Wildman–Crippen LogP) is 2.93. The number of halogens is 1. The summed E-state index contributed by atoms with van der Waals surface area (Å²) in [5.74, 6) is -0.486. The van der Waals surface area contributed by atoms with Crippen molar-refractivity contribution in [2.45, 2.75) is 13.0 Å². The van der Waals surface area contributed by atoms with Gasteiger partial charge in [-0.2, -0.15) is 0 Å². The number of hydrogen-bond donors (Lipinski definition) is 0. The molecule has 0 aliphatic rings. The Kier molecular flexibility index (Phi) is 3.67. The van der Waals surface area contributed by atoms with Gasteiger partial charge in [0.2, 0.25) is 0 Å². The summed E-state index contributed by atoms with van der Waals surface area (Å²) in [6.07, 6.45) is 1.55. The van der Waals surface area contributed by atoms with Crippen LogP contribution in [0.4, 0.5) is 0 Å². The van der Waals surface area contributed by atoms with Crippen molar-refractivity contribution in [3.8, 4) is 0 Å². The monoisotopic (exact) mass is 264 g/mol. The lowest BCUT2D eigenvalue weighted by Crippen LogP contribution is -2.14. The highest BCUT2D eigenvalue weighted by Gasteiger charge is 2.21. The summed E-state index contributed by atoms with van der Waals surface area (Å²) in [5.41, 5.74) is 1.34. The van der Waals surface area contributed by atoms with Crippen LogP contribution in [0.25, 0.3) is 0 Å². The molecule has 5 heteroatoms. The molecule has 0 bridgehead atoms. The van der Waals surface area contributed by atoms with E-state index >= 15 is 0 Å². The predicted molar refractivity (Wildman–Crippen MR) is 68.8 cm³/mol. The maximum Gasteiger partial charge on any atom is 0.357 e. The summed E-state index contributed by atoms with van der Waals surface area (Å²) in [4.78, 5) is 15.6. The summed E-state index contributed by atoms with van der Waals surface area (Å²) in [6, 6.07) is 9.77. The van der Waals surface area contributed by atoms with Crippen LogP contribution in [-0.4, -0.2) is 22.6 Å². The fourth-order valence-electron chi connectivity index (χ4n) is 1.81. The van der Waals surface area contributed by atoms with Gasteiger partial charge in [0.05, 0.1) is 19.5 Å². The molecule has 0 radical (unpaired) electrons. The first-order valence-corrected chi connectivity index (χ1v) is 5.88. The van der Waals surface area contributed by atoms with Gasteiger partial charge in [0.25, 0.3) is 0 Å². The van der Waals surface area contributed by atoms with Crippen molar-refractivity contribution in [1.29, 1.82) is 0 Å². The van der Waals surface area contributed by atoms with Gasteiger partial charge >= 0.3 is 5.97 Å². The van der Waals surface area contributed by atoms with Crippen molar-refractivity contribution < 1.29 is 9.53 Å². The second-order valence-electron chi connectivity index (χ2n) is 3.87. The molecule has 2 rings (SSSR count). The van der Waals surface area contributed by atoms with Crippen molar-refractivity contribution in [1.82, 2.24) is 9.55 Å². The Hall–Kier alpha value is -1.81. The maximum absolute atomic E-state index is 11.7. The third-order valence-electron chi connectivity index (χ3n) is 2.83. The van der Waals surface area contributed by atoms with Gasteiger partial charge in [-0.05, 0) is 12.5 Å². The standard InChI is InChI=1S/C13H13ClN2O2/c1-9(10-6-4-3-5-7-10)16-8-15-12(14)11(16)13(17)18-2/h3-9H,1-2H3/t9-/m1/s1. The normalized spacial score (nSPS) is 12.2. The van der Waals surface area contributed by atoms with Gasteiger partial charge in [0.1, 0.15) is 0 Å². The third-order valence-corrected chi connectivity index (χ3v) is 3.10. The highest BCUT2D eigenvalue weighted by molar-refractivity contribution is 6.32. The molecule has 0 aliphatic carbocycles. The second-order valence-corrected chi connectivity index (χ2v) is 4.23. The fourth-order valence-corrected chi connectivity index (χ4v) is 2.03. The zero-order valence-corrected chi connectivity index (χ0v) is 10.9. The van der Waals surface area contributed by atoms with Crippen LogP contribution in [0.1, 0.15) is 29.0 Å². The fraction of sp³-hybridized carbons (Fsp3) is 0.231. The first-order valence-electron chi connectivity index (χ1n) is 5.50. The van der Waals surface area contributed by atoms with Crippen molar-refractivity contribution in [2.24, 2.45) is 0 Å². The van der Waals surface area contributed by atoms with E-state index in [0.717, 1.165) is 5.56 Å². The summed E-state index contributed by atoms with van der Waals surface area (Å²) in [6.45, 7) is 1.97. The summed E-state index contributed by atoms with van der Waals surface area (Å²) < 4.78 is 6.43. The smallest absolute Gasteiger partial charge is 0.357 e. The maximum atomic E-state index is 11.7. The molecule has 0 unspecified atom stereocenters. The highest BCUT2D eigenvalue weighted by atomic mass is 35.5. The van der Waals surface area contributed by atoms with Crippen molar-refractivity contribution in [3.05, 3.63) is 53.1 Å². The molecule has 4 nitrogen and oxygen atoms in total. The lowest BCUT2D eigenvalue weighted by molar-refractivity contribution is 0.0587. The minimum absolute atomic E-state index is 0.0414. The lowest BCUT2D eigenvalue weighted by Gasteiger charge is -2.16. The second kappa shape index (κ2) is 5.23. The minimum Gasteiger partial charge on any atom is -0.464 e. The van der Waals surface area contributed by atoms with Gasteiger partial charge in [-0.25, -0.2) is 9.78 Å². The Bertz CT molecular complexity index is 551. The summed E-state index contributed by atoms with van der Waals surface area (Å²) in [5, 5.41) is 0.157. The van der Waals surface area contributed by atoms with Crippen LogP contribution in [0.5, 0.6) is 0 Å². The van der Waals surface area contributed by atoms with Gasteiger partial charge in [-0.1, -0.05) is 41.9 Å². The van der Waals surface area contributed by atoms with Gasteiger partial charge in [-0.15, -0.1) is 0 Å². The van der Waals surface area contributed by atoms with Crippen LogP contribution in [0.2, 0.25) is 5.15 Å². The number of rotatable bonds is 3. The molecular formula is C13H13ClN2O2. The van der Waals surface area contributed by atoms with E-state index in [2.05, 4.69) is 4.98 Å². The van der Waals surface area contributed by atoms with E-state index in [9.17, 15) is 4.79 Å². The molecule has 94 valence electrons. The van der Waals surface area contributed by atoms with Crippen molar-refractivity contribution >= 4 is 17.6 Å². The van der Waals surface area contributed by atoms with Crippen LogP contribution in [0.3, 0.4) is 0 Å². The van der Waals surface area contributed by atoms with Gasteiger partial charge in [-0.3, -0.25) is 0 Å². The number of carbonyl (C=O) groups excluding carboxylic acids is 1. The first-order chi connectivity index (χ1) is 8.65. The zero-order chi connectivity index (χ0) is 13.1. The SMILES string of the molecule is COC(=O)c1c(Cl)ncn1[C@H](C)c1ccccc1. The molecule has 18 heavy (non-hydrogen) atoms. The van der Waals surface area contributed by atoms with Crippen LogP contribution in [-0.2, 0) is 4.74 Å². The molecule has 1 heterocycles. The number of hydrogen-bond acceptors (Lipinski definition) is 3. The molecule has 0 N–H and O–H groups in total. The largest absolute Gasteiger partial charge is 0.464 e. The van der Waals surface area contributed by atoms with E-state index in [4.69, 9.17) is 16.3 Å². The Morgan fingerprint density at radius 3 is 2.67 bits per heavy atom. The quantitative estimate of drug-likeness (QED) is 0.801. The number of benzene rings is 1. The van der Waals surface area contributed by atoms with E-state index in [1.54, 1.807) is 10.9 Å². The van der Waals surface area contributed by atoms with Crippen LogP contribution in [0, 0.1) is 0 Å². The summed E-state index contributed by atoms with van der Waals surface area (Å²) >= 11 is 5.92. The Morgan fingerprint density at radius 2 is 2.06 bits per heavy atom. The number of carbonyl (C=O) groups is 1. The van der Waals surface area contributed by atoms with E-state index < -0.39 is 5.97 Å². The first kappa shape index (κ1) is 12.6. The van der Waals surface area contributed by atoms with E-state index in [-0.39, 0.29) is 16.9 Å². The lowest BCUT2D eigenvalue weighted by atomic mass is 10.1. The molecule has 1 atom stereocenters. The highest BCUT2D eigenvalue weighted by Crippen LogP contribution is 2.24. The number of ether oxygens (including phenoxy) is 1. The number of nitrogens with zero attached hydrogens (tertiary/aromatic N) is 2. The minimum atomic E-state index is -0.486. The van der Waals surface area contributed by atoms with E-state index in [0.29, 0.717) is 0 Å². The van der Waals surface area contributed by atoms with Crippen molar-refractivity contribution in [2.75, 3.05) is 7.11 Å². The van der Waals surface area contributed by atoms with Crippen LogP contribution >= 0.6 is 11.6 Å². The van der Waals surface area contributed by atoms with Crippen molar-refractivity contribution in [3.63, 3.8) is 0 Å². The van der Waals surface area contributed by atoms with Crippen LogP contribution < -0.4 is 0 Å². The number of aromatic nitrogens is 2. The average Bonchev–Trinajstić information content (AvgIpc) is 2.80. The number of imidazole rings is 1. The van der Waals surface area contributed by atoms with E-state index in [1.807, 2.05) is 37.3 Å². The molecular weight excluding hydrogens is 252 g/mol. The number of esters is 1. The molecule has 0 aliphatic heterocycles. The molecule has 0 saturated carbocycles. The van der Waals surface area contributed by atoms with Gasteiger partial charge in [0.15, 0.2) is 10.8 Å². The molecule has 0 saturated heterocycles. The Labute approximate surface area is 110 Å². The molecule has 1 aromatic carbocycles. The molecule has 0 spiro atoms. The van der Waals surface area contributed by atoms with E-state index in [1.165, 1.54) is 7.11 Å². The topological polar surface area (TPSA) is 44.1 Å². The average molecular weight is 265 g/mol. The Balaban J connectivity index is 2.43. The third kappa shape index (κ3) is 2.24. The Morgan fingerprint density at radius 1 is 1.39 bits per heavy atom. The van der Waals surface area contributed by atoms with Gasteiger partial charge in [0, 0.05) is 0 Å².